The third-order valence-electron chi connectivity index (χ3n) is 3.69. The SMILES string of the molecule is O=C(CCCNC(=O)c1cccs1)NCCCN1CCOCC1. The van der Waals surface area contributed by atoms with Gasteiger partial charge in [-0.15, -0.1) is 11.3 Å². The van der Waals surface area contributed by atoms with E-state index in [2.05, 4.69) is 15.5 Å². The first-order valence-corrected chi connectivity index (χ1v) is 9.02. The fourth-order valence-electron chi connectivity index (χ4n) is 2.39. The van der Waals surface area contributed by atoms with Crippen LogP contribution in [0.15, 0.2) is 17.5 Å². The van der Waals surface area contributed by atoms with Gasteiger partial charge in [-0.05, 0) is 30.8 Å². The van der Waals surface area contributed by atoms with E-state index >= 15 is 0 Å². The van der Waals surface area contributed by atoms with Crippen molar-refractivity contribution in [3.63, 3.8) is 0 Å². The molecule has 1 aliphatic rings. The van der Waals surface area contributed by atoms with Gasteiger partial charge >= 0.3 is 0 Å². The van der Waals surface area contributed by atoms with Crippen molar-refractivity contribution in [1.29, 1.82) is 0 Å². The zero-order chi connectivity index (χ0) is 16.3. The summed E-state index contributed by atoms with van der Waals surface area (Å²) < 4.78 is 5.30. The maximum absolute atomic E-state index is 11.7. The number of ether oxygens (including phenoxy) is 1. The van der Waals surface area contributed by atoms with Crippen molar-refractivity contribution in [3.05, 3.63) is 22.4 Å². The van der Waals surface area contributed by atoms with E-state index in [1.54, 1.807) is 6.07 Å². The summed E-state index contributed by atoms with van der Waals surface area (Å²) in [4.78, 5) is 26.5. The number of nitrogens with one attached hydrogen (secondary N) is 2. The summed E-state index contributed by atoms with van der Waals surface area (Å²) in [6, 6.07) is 3.64. The predicted octanol–water partition coefficient (Wildman–Crippen LogP) is 1.10. The number of nitrogens with zero attached hydrogens (tertiary/aromatic N) is 1. The maximum Gasteiger partial charge on any atom is 0.261 e. The fraction of sp³-hybridized carbons (Fsp3) is 0.625. The van der Waals surface area contributed by atoms with Crippen molar-refractivity contribution in [3.8, 4) is 0 Å². The molecule has 1 aromatic heterocycles. The summed E-state index contributed by atoms with van der Waals surface area (Å²) in [6.07, 6.45) is 2.07. The molecule has 1 aliphatic heterocycles. The number of hydrogen-bond acceptors (Lipinski definition) is 5. The van der Waals surface area contributed by atoms with Gasteiger partial charge in [0, 0.05) is 32.6 Å². The van der Waals surface area contributed by atoms with Crippen LogP contribution in [-0.4, -0.2) is 62.7 Å². The molecule has 0 aromatic carbocycles. The van der Waals surface area contributed by atoms with Crippen molar-refractivity contribution in [1.82, 2.24) is 15.5 Å². The topological polar surface area (TPSA) is 70.7 Å². The summed E-state index contributed by atoms with van der Waals surface area (Å²) >= 11 is 1.42. The van der Waals surface area contributed by atoms with Crippen molar-refractivity contribution in [2.45, 2.75) is 19.3 Å². The van der Waals surface area contributed by atoms with Gasteiger partial charge in [0.05, 0.1) is 18.1 Å². The molecule has 128 valence electrons. The Labute approximate surface area is 141 Å². The molecule has 1 fully saturated rings. The Morgan fingerprint density at radius 2 is 1.96 bits per heavy atom. The van der Waals surface area contributed by atoms with E-state index in [1.807, 2.05) is 11.4 Å². The molecule has 7 heteroatoms. The Morgan fingerprint density at radius 1 is 1.17 bits per heavy atom. The fourth-order valence-corrected chi connectivity index (χ4v) is 3.03. The standard InChI is InChI=1S/C16H25N3O3S/c20-15(17-7-3-8-19-9-11-22-12-10-19)5-1-6-18-16(21)14-4-2-13-23-14/h2,4,13H,1,3,5-12H2,(H,17,20)(H,18,21). The number of thiophene rings is 1. The highest BCUT2D eigenvalue weighted by atomic mass is 32.1. The highest BCUT2D eigenvalue weighted by molar-refractivity contribution is 7.12. The largest absolute Gasteiger partial charge is 0.379 e. The molecule has 2 rings (SSSR count). The lowest BCUT2D eigenvalue weighted by molar-refractivity contribution is -0.121. The summed E-state index contributed by atoms with van der Waals surface area (Å²) in [5, 5.41) is 7.63. The summed E-state index contributed by atoms with van der Waals surface area (Å²) in [7, 11) is 0. The second kappa shape index (κ2) is 10.4. The highest BCUT2D eigenvalue weighted by Gasteiger charge is 2.09. The number of amides is 2. The van der Waals surface area contributed by atoms with Gasteiger partial charge in [0.2, 0.25) is 5.91 Å². The molecule has 0 aliphatic carbocycles. The van der Waals surface area contributed by atoms with Crippen LogP contribution >= 0.6 is 11.3 Å². The van der Waals surface area contributed by atoms with Crippen LogP contribution < -0.4 is 10.6 Å². The molecule has 2 heterocycles. The van der Waals surface area contributed by atoms with Crippen molar-refractivity contribution >= 4 is 23.2 Å². The lowest BCUT2D eigenvalue weighted by atomic mass is 10.2. The van der Waals surface area contributed by atoms with Crippen LogP contribution in [0.1, 0.15) is 28.9 Å². The predicted molar refractivity (Wildman–Crippen MR) is 90.8 cm³/mol. The molecule has 0 saturated carbocycles. The lowest BCUT2D eigenvalue weighted by Gasteiger charge is -2.26. The van der Waals surface area contributed by atoms with E-state index in [0.29, 0.717) is 30.8 Å². The van der Waals surface area contributed by atoms with E-state index in [1.165, 1.54) is 11.3 Å². The van der Waals surface area contributed by atoms with Gasteiger partial charge in [-0.3, -0.25) is 14.5 Å². The number of carbonyl (C=O) groups is 2. The van der Waals surface area contributed by atoms with E-state index in [9.17, 15) is 9.59 Å². The minimum absolute atomic E-state index is 0.0531. The van der Waals surface area contributed by atoms with Gasteiger partial charge < -0.3 is 15.4 Å². The second-order valence-electron chi connectivity index (χ2n) is 5.49. The van der Waals surface area contributed by atoms with Crippen LogP contribution in [0.3, 0.4) is 0 Å². The van der Waals surface area contributed by atoms with Crippen LogP contribution in [0.5, 0.6) is 0 Å². The highest BCUT2D eigenvalue weighted by Crippen LogP contribution is 2.07. The normalized spacial score (nSPS) is 15.3. The molecule has 6 nitrogen and oxygen atoms in total. The van der Waals surface area contributed by atoms with E-state index in [-0.39, 0.29) is 11.8 Å². The van der Waals surface area contributed by atoms with Crippen LogP contribution in [0, 0.1) is 0 Å². The molecule has 23 heavy (non-hydrogen) atoms. The average molecular weight is 339 g/mol. The Morgan fingerprint density at radius 3 is 2.70 bits per heavy atom. The Bertz CT molecular complexity index is 473. The molecule has 0 unspecified atom stereocenters. The summed E-state index contributed by atoms with van der Waals surface area (Å²) in [5.74, 6) is -0.0109. The monoisotopic (exact) mass is 339 g/mol. The molecule has 0 bridgehead atoms. The Kier molecular flexibility index (Phi) is 8.06. The van der Waals surface area contributed by atoms with Gasteiger partial charge in [-0.1, -0.05) is 6.07 Å². The van der Waals surface area contributed by atoms with Crippen molar-refractivity contribution in [2.75, 3.05) is 45.9 Å². The van der Waals surface area contributed by atoms with Crippen LogP contribution in [0.2, 0.25) is 0 Å². The second-order valence-corrected chi connectivity index (χ2v) is 6.44. The molecular formula is C16H25N3O3S. The number of rotatable bonds is 9. The van der Waals surface area contributed by atoms with Gasteiger partial charge in [0.25, 0.3) is 5.91 Å². The first-order valence-electron chi connectivity index (χ1n) is 8.14. The maximum atomic E-state index is 11.7. The molecule has 0 atom stereocenters. The van der Waals surface area contributed by atoms with Gasteiger partial charge in [-0.2, -0.15) is 0 Å². The lowest BCUT2D eigenvalue weighted by Crippen LogP contribution is -2.38. The zero-order valence-electron chi connectivity index (χ0n) is 13.4. The third-order valence-corrected chi connectivity index (χ3v) is 4.56. The van der Waals surface area contributed by atoms with Gasteiger partial charge in [-0.25, -0.2) is 0 Å². The molecule has 2 N–H and O–H groups in total. The first kappa shape index (κ1) is 17.9. The van der Waals surface area contributed by atoms with Crippen molar-refractivity contribution < 1.29 is 14.3 Å². The molecular weight excluding hydrogens is 314 g/mol. The Balaban J connectivity index is 1.44. The molecule has 0 spiro atoms. The first-order chi connectivity index (χ1) is 11.3. The zero-order valence-corrected chi connectivity index (χ0v) is 14.2. The minimum Gasteiger partial charge on any atom is -0.379 e. The molecule has 1 saturated heterocycles. The Hall–Kier alpha value is -1.44. The average Bonchev–Trinajstić information content (AvgIpc) is 3.11. The van der Waals surface area contributed by atoms with Crippen LogP contribution in [0.25, 0.3) is 0 Å². The third kappa shape index (κ3) is 7.11. The van der Waals surface area contributed by atoms with Gasteiger partial charge in [0.15, 0.2) is 0 Å². The number of carbonyl (C=O) groups excluding carboxylic acids is 2. The smallest absolute Gasteiger partial charge is 0.261 e. The van der Waals surface area contributed by atoms with Crippen molar-refractivity contribution in [2.24, 2.45) is 0 Å². The van der Waals surface area contributed by atoms with Crippen LogP contribution in [-0.2, 0) is 9.53 Å². The molecule has 2 amide bonds. The molecule has 1 aromatic rings. The van der Waals surface area contributed by atoms with Gasteiger partial charge in [0.1, 0.15) is 0 Å². The number of hydrogen-bond donors (Lipinski definition) is 2. The van der Waals surface area contributed by atoms with E-state index in [0.717, 1.165) is 39.3 Å². The molecule has 0 radical (unpaired) electrons. The summed E-state index contributed by atoms with van der Waals surface area (Å²) in [6.45, 7) is 5.82. The van der Waals surface area contributed by atoms with E-state index in [4.69, 9.17) is 4.74 Å². The number of morpholine rings is 1. The minimum atomic E-state index is -0.0640. The quantitative estimate of drug-likeness (QED) is 0.661. The van der Waals surface area contributed by atoms with Crippen LogP contribution in [0.4, 0.5) is 0 Å². The van der Waals surface area contributed by atoms with E-state index < -0.39 is 0 Å². The summed E-state index contributed by atoms with van der Waals surface area (Å²) in [5.41, 5.74) is 0.